The van der Waals surface area contributed by atoms with E-state index >= 15 is 0 Å². The van der Waals surface area contributed by atoms with Gasteiger partial charge < -0.3 is 10.0 Å². The second-order valence-electron chi connectivity index (χ2n) is 7.77. The molecule has 2 N–H and O–H groups in total. The molecule has 1 fully saturated rings. The lowest BCUT2D eigenvalue weighted by Crippen LogP contribution is -2.36. The quantitative estimate of drug-likeness (QED) is 0.742. The molecule has 5 heteroatoms. The first kappa shape index (κ1) is 17.7. The number of piperidine rings is 1. The van der Waals surface area contributed by atoms with Gasteiger partial charge in [-0.3, -0.25) is 5.10 Å². The minimum absolute atomic E-state index is 0.195. The van der Waals surface area contributed by atoms with Gasteiger partial charge in [0.2, 0.25) is 5.95 Å². The van der Waals surface area contributed by atoms with Crippen molar-refractivity contribution in [2.24, 2.45) is 0 Å². The van der Waals surface area contributed by atoms with Crippen LogP contribution in [0.15, 0.2) is 54.6 Å². The molecule has 0 spiro atoms. The normalized spacial score (nSPS) is 15.9. The van der Waals surface area contributed by atoms with E-state index in [2.05, 4.69) is 77.5 Å². The molecule has 1 aromatic heterocycles. The van der Waals surface area contributed by atoms with Gasteiger partial charge in [-0.2, -0.15) is 4.98 Å². The molecule has 0 saturated carbocycles. The third-order valence-corrected chi connectivity index (χ3v) is 5.53. The summed E-state index contributed by atoms with van der Waals surface area (Å²) in [6.07, 6.45) is 1.35. The molecule has 1 aliphatic rings. The zero-order valence-corrected chi connectivity index (χ0v) is 15.9. The van der Waals surface area contributed by atoms with Crippen LogP contribution >= 0.6 is 0 Å². The molecule has 2 heterocycles. The molecule has 4 rings (SSSR count). The summed E-state index contributed by atoms with van der Waals surface area (Å²) in [7, 11) is 0. The van der Waals surface area contributed by atoms with E-state index in [1.165, 1.54) is 16.7 Å². The van der Waals surface area contributed by atoms with Crippen LogP contribution in [0, 0.1) is 0 Å². The molecule has 1 aliphatic heterocycles. The smallest absolute Gasteiger partial charge is 0.244 e. The molecule has 0 unspecified atom stereocenters. The van der Waals surface area contributed by atoms with Crippen molar-refractivity contribution in [3.8, 4) is 11.1 Å². The van der Waals surface area contributed by atoms with E-state index in [0.717, 1.165) is 37.7 Å². The Labute approximate surface area is 160 Å². The van der Waals surface area contributed by atoms with Crippen LogP contribution in [0.4, 0.5) is 5.95 Å². The second-order valence-corrected chi connectivity index (χ2v) is 7.77. The summed E-state index contributed by atoms with van der Waals surface area (Å²) in [4.78, 5) is 6.91. The lowest BCUT2D eigenvalue weighted by atomic mass is 9.83. The molecular formula is C22H26N4O. The SMILES string of the molecule is CC(C)(c1ccc(-c2ccccc2)cc1)c1nc(N2CCC(O)CC2)n[nH]1. The molecule has 3 aromatic rings. The van der Waals surface area contributed by atoms with Crippen molar-refractivity contribution in [2.45, 2.75) is 38.2 Å². The molecule has 27 heavy (non-hydrogen) atoms. The predicted molar refractivity (Wildman–Crippen MR) is 108 cm³/mol. The van der Waals surface area contributed by atoms with E-state index in [1.54, 1.807) is 0 Å². The molecule has 1 saturated heterocycles. The third-order valence-electron chi connectivity index (χ3n) is 5.53. The number of hydrogen-bond donors (Lipinski definition) is 2. The van der Waals surface area contributed by atoms with Gasteiger partial charge in [0.15, 0.2) is 0 Å². The van der Waals surface area contributed by atoms with Crippen LogP contribution in [0.1, 0.15) is 38.1 Å². The average Bonchev–Trinajstić information content (AvgIpc) is 3.20. The van der Waals surface area contributed by atoms with Gasteiger partial charge in [-0.05, 0) is 43.4 Å². The van der Waals surface area contributed by atoms with Gasteiger partial charge in [0.25, 0.3) is 0 Å². The standard InChI is InChI=1S/C22H26N4O/c1-22(2,18-10-8-17(9-11-18)16-6-4-3-5-7-16)20-23-21(25-24-20)26-14-12-19(27)13-15-26/h3-11,19,27H,12-15H2,1-2H3,(H,23,24,25). The maximum absolute atomic E-state index is 9.69. The highest BCUT2D eigenvalue weighted by atomic mass is 16.3. The highest BCUT2D eigenvalue weighted by Crippen LogP contribution is 2.31. The lowest BCUT2D eigenvalue weighted by molar-refractivity contribution is 0.145. The minimum Gasteiger partial charge on any atom is -0.393 e. The Bertz CT molecular complexity index is 878. The van der Waals surface area contributed by atoms with Gasteiger partial charge in [0.1, 0.15) is 5.82 Å². The van der Waals surface area contributed by atoms with Crippen LogP contribution in [0.3, 0.4) is 0 Å². The fourth-order valence-corrected chi connectivity index (χ4v) is 3.59. The monoisotopic (exact) mass is 362 g/mol. The number of rotatable bonds is 4. The van der Waals surface area contributed by atoms with E-state index in [-0.39, 0.29) is 11.5 Å². The summed E-state index contributed by atoms with van der Waals surface area (Å²) in [6, 6.07) is 19.1. The number of aromatic amines is 1. The number of aromatic nitrogens is 3. The van der Waals surface area contributed by atoms with Gasteiger partial charge in [0, 0.05) is 18.5 Å². The first-order chi connectivity index (χ1) is 13.0. The Balaban J connectivity index is 1.54. The molecule has 0 atom stereocenters. The minimum atomic E-state index is -0.268. The molecule has 0 radical (unpaired) electrons. The van der Waals surface area contributed by atoms with Crippen molar-refractivity contribution in [1.82, 2.24) is 15.2 Å². The summed E-state index contributed by atoms with van der Waals surface area (Å²) in [5, 5.41) is 17.3. The molecule has 2 aromatic carbocycles. The first-order valence-corrected chi connectivity index (χ1v) is 9.56. The highest BCUT2D eigenvalue weighted by Gasteiger charge is 2.29. The van der Waals surface area contributed by atoms with Gasteiger partial charge in [-0.1, -0.05) is 54.6 Å². The zero-order chi connectivity index (χ0) is 18.9. The maximum atomic E-state index is 9.69. The predicted octanol–water partition coefficient (Wildman–Crippen LogP) is 3.76. The summed E-state index contributed by atoms with van der Waals surface area (Å²) in [6.45, 7) is 5.92. The number of aliphatic hydroxyl groups excluding tert-OH is 1. The zero-order valence-electron chi connectivity index (χ0n) is 15.9. The molecule has 0 aliphatic carbocycles. The van der Waals surface area contributed by atoms with E-state index in [0.29, 0.717) is 0 Å². The van der Waals surface area contributed by atoms with Crippen molar-refractivity contribution >= 4 is 5.95 Å². The number of anilines is 1. The maximum Gasteiger partial charge on any atom is 0.244 e. The Kier molecular flexibility index (Phi) is 4.70. The van der Waals surface area contributed by atoms with Crippen LogP contribution in [-0.4, -0.2) is 39.5 Å². The second kappa shape index (κ2) is 7.16. The van der Waals surface area contributed by atoms with Crippen molar-refractivity contribution < 1.29 is 5.11 Å². The molecule has 0 bridgehead atoms. The number of benzene rings is 2. The summed E-state index contributed by atoms with van der Waals surface area (Å²) in [5.74, 6) is 1.59. The fourth-order valence-electron chi connectivity index (χ4n) is 3.59. The van der Waals surface area contributed by atoms with Gasteiger partial charge in [-0.15, -0.1) is 5.10 Å². The molecule has 140 valence electrons. The van der Waals surface area contributed by atoms with Crippen molar-refractivity contribution in [3.63, 3.8) is 0 Å². The number of H-pyrrole nitrogens is 1. The van der Waals surface area contributed by atoms with E-state index < -0.39 is 0 Å². The highest BCUT2D eigenvalue weighted by molar-refractivity contribution is 5.63. The van der Waals surface area contributed by atoms with E-state index in [9.17, 15) is 5.11 Å². The number of nitrogens with zero attached hydrogens (tertiary/aromatic N) is 3. The average molecular weight is 362 g/mol. The molecule has 0 amide bonds. The van der Waals surface area contributed by atoms with Gasteiger partial charge >= 0.3 is 0 Å². The molecular weight excluding hydrogens is 336 g/mol. The summed E-state index contributed by atoms with van der Waals surface area (Å²) in [5.41, 5.74) is 3.35. The van der Waals surface area contributed by atoms with Crippen molar-refractivity contribution in [3.05, 3.63) is 66.0 Å². The van der Waals surface area contributed by atoms with Crippen molar-refractivity contribution in [2.75, 3.05) is 18.0 Å². The van der Waals surface area contributed by atoms with E-state index in [1.807, 2.05) is 6.07 Å². The fraction of sp³-hybridized carbons (Fsp3) is 0.364. The van der Waals surface area contributed by atoms with Crippen LogP contribution in [0.2, 0.25) is 0 Å². The third kappa shape index (κ3) is 3.60. The Morgan fingerprint density at radius 2 is 1.59 bits per heavy atom. The topological polar surface area (TPSA) is 65.0 Å². The Morgan fingerprint density at radius 3 is 2.26 bits per heavy atom. The lowest BCUT2D eigenvalue weighted by Gasteiger charge is -2.28. The number of hydrogen-bond acceptors (Lipinski definition) is 4. The Hall–Kier alpha value is -2.66. The summed E-state index contributed by atoms with van der Waals surface area (Å²) >= 11 is 0. The number of nitrogens with one attached hydrogen (secondary N) is 1. The van der Waals surface area contributed by atoms with Crippen LogP contribution in [-0.2, 0) is 5.41 Å². The van der Waals surface area contributed by atoms with E-state index in [4.69, 9.17) is 4.98 Å². The van der Waals surface area contributed by atoms with Crippen LogP contribution in [0.5, 0.6) is 0 Å². The van der Waals surface area contributed by atoms with Crippen LogP contribution in [0.25, 0.3) is 11.1 Å². The molecule has 5 nitrogen and oxygen atoms in total. The van der Waals surface area contributed by atoms with Crippen LogP contribution < -0.4 is 4.90 Å². The summed E-state index contributed by atoms with van der Waals surface area (Å²) < 4.78 is 0. The van der Waals surface area contributed by atoms with Gasteiger partial charge in [0.05, 0.1) is 6.10 Å². The Morgan fingerprint density at radius 1 is 0.963 bits per heavy atom. The first-order valence-electron chi connectivity index (χ1n) is 9.56. The van der Waals surface area contributed by atoms with Gasteiger partial charge in [-0.25, -0.2) is 0 Å². The largest absolute Gasteiger partial charge is 0.393 e. The number of aliphatic hydroxyl groups is 1. The van der Waals surface area contributed by atoms with Crippen molar-refractivity contribution in [1.29, 1.82) is 0 Å².